The number of aldehydes is 1. The zero-order chi connectivity index (χ0) is 15.5. The number of ether oxygens (including phenoxy) is 1. The van der Waals surface area contributed by atoms with E-state index in [1.165, 1.54) is 0 Å². The Balaban J connectivity index is 2.11. The Hall–Kier alpha value is -2.33. The van der Waals surface area contributed by atoms with Gasteiger partial charge in [-0.15, -0.1) is 0 Å². The molecule has 22 heavy (non-hydrogen) atoms. The third-order valence-corrected chi connectivity index (χ3v) is 4.58. The first kappa shape index (κ1) is 13.3. The quantitative estimate of drug-likeness (QED) is 0.678. The molecule has 1 aliphatic heterocycles. The highest BCUT2D eigenvalue weighted by molar-refractivity contribution is 6.10. The van der Waals surface area contributed by atoms with Crippen LogP contribution >= 0.6 is 0 Å². The van der Waals surface area contributed by atoms with Crippen LogP contribution in [0, 0.1) is 0 Å². The van der Waals surface area contributed by atoms with Gasteiger partial charge < -0.3 is 14.8 Å². The maximum Gasteiger partial charge on any atom is 0.153 e. The maximum atomic E-state index is 11.5. The van der Waals surface area contributed by atoms with E-state index in [1.807, 2.05) is 44.2 Å². The zero-order valence-electron chi connectivity index (χ0n) is 12.5. The second-order valence-electron chi connectivity index (χ2n) is 6.41. The molecule has 1 aromatic heterocycles. The first-order valence-electron chi connectivity index (χ1n) is 7.40. The molecule has 2 aromatic carbocycles. The Morgan fingerprint density at radius 3 is 2.86 bits per heavy atom. The first-order chi connectivity index (χ1) is 10.5. The number of carbonyl (C=O) groups is 1. The molecule has 0 saturated carbocycles. The standard InChI is InChI=1S/C18H17NO3/c1-18(2)15(21)8-13-16-12(7-10(9-20)17(13)22-18)11-5-3-4-6-14(11)19-16/h3-7,9,15,19,21H,8H2,1-2H3. The number of carbonyl (C=O) groups excluding carboxylic acids is 1. The Morgan fingerprint density at radius 1 is 1.32 bits per heavy atom. The Morgan fingerprint density at radius 2 is 2.09 bits per heavy atom. The van der Waals surface area contributed by atoms with E-state index in [2.05, 4.69) is 4.98 Å². The van der Waals surface area contributed by atoms with E-state index in [9.17, 15) is 9.90 Å². The van der Waals surface area contributed by atoms with Crippen molar-refractivity contribution in [3.05, 3.63) is 41.5 Å². The molecule has 0 aliphatic carbocycles. The summed E-state index contributed by atoms with van der Waals surface area (Å²) in [4.78, 5) is 14.9. The highest BCUT2D eigenvalue weighted by Gasteiger charge is 2.38. The third-order valence-electron chi connectivity index (χ3n) is 4.58. The molecule has 4 nitrogen and oxygen atoms in total. The highest BCUT2D eigenvalue weighted by atomic mass is 16.5. The molecule has 1 atom stereocenters. The summed E-state index contributed by atoms with van der Waals surface area (Å²) >= 11 is 0. The number of H-pyrrole nitrogens is 1. The smallest absolute Gasteiger partial charge is 0.153 e. The summed E-state index contributed by atoms with van der Waals surface area (Å²) in [6.45, 7) is 3.68. The molecule has 4 rings (SSSR count). The van der Waals surface area contributed by atoms with Gasteiger partial charge in [0.1, 0.15) is 11.4 Å². The van der Waals surface area contributed by atoms with Crippen LogP contribution in [0.25, 0.3) is 21.8 Å². The van der Waals surface area contributed by atoms with Crippen molar-refractivity contribution >= 4 is 28.1 Å². The van der Waals surface area contributed by atoms with Gasteiger partial charge in [0.15, 0.2) is 6.29 Å². The number of aromatic amines is 1. The molecule has 0 amide bonds. The number of para-hydroxylation sites is 1. The minimum Gasteiger partial charge on any atom is -0.484 e. The lowest BCUT2D eigenvalue weighted by molar-refractivity contribution is -0.0409. The summed E-state index contributed by atoms with van der Waals surface area (Å²) in [6, 6.07) is 9.85. The van der Waals surface area contributed by atoms with Gasteiger partial charge in [0, 0.05) is 28.3 Å². The van der Waals surface area contributed by atoms with Crippen LogP contribution in [0.3, 0.4) is 0 Å². The summed E-state index contributed by atoms with van der Waals surface area (Å²) in [5, 5.41) is 12.4. The van der Waals surface area contributed by atoms with Crippen LogP contribution in [0.4, 0.5) is 0 Å². The maximum absolute atomic E-state index is 11.5. The van der Waals surface area contributed by atoms with Crippen LogP contribution in [-0.2, 0) is 6.42 Å². The van der Waals surface area contributed by atoms with Crippen LogP contribution in [0.2, 0.25) is 0 Å². The van der Waals surface area contributed by atoms with Crippen molar-refractivity contribution in [1.29, 1.82) is 0 Å². The van der Waals surface area contributed by atoms with Crippen LogP contribution in [0.5, 0.6) is 5.75 Å². The van der Waals surface area contributed by atoms with E-state index in [-0.39, 0.29) is 0 Å². The van der Waals surface area contributed by atoms with Crippen LogP contribution in [0.1, 0.15) is 29.8 Å². The fourth-order valence-electron chi connectivity index (χ4n) is 3.23. The summed E-state index contributed by atoms with van der Waals surface area (Å²) < 4.78 is 5.96. The van der Waals surface area contributed by atoms with E-state index >= 15 is 0 Å². The molecule has 0 bridgehead atoms. The summed E-state index contributed by atoms with van der Waals surface area (Å²) in [6.07, 6.45) is 0.678. The number of nitrogens with one attached hydrogen (secondary N) is 1. The lowest BCUT2D eigenvalue weighted by Crippen LogP contribution is -2.46. The fourth-order valence-corrected chi connectivity index (χ4v) is 3.23. The molecule has 0 saturated heterocycles. The average molecular weight is 295 g/mol. The number of aromatic nitrogens is 1. The molecule has 112 valence electrons. The minimum absolute atomic E-state index is 0.466. The Labute approximate surface area is 127 Å². The van der Waals surface area contributed by atoms with Crippen molar-refractivity contribution in [3.8, 4) is 5.75 Å². The number of aliphatic hydroxyl groups excluding tert-OH is 1. The molecule has 0 radical (unpaired) electrons. The van der Waals surface area contributed by atoms with E-state index in [4.69, 9.17) is 4.74 Å². The largest absolute Gasteiger partial charge is 0.484 e. The molecule has 2 N–H and O–H groups in total. The van der Waals surface area contributed by atoms with Crippen molar-refractivity contribution in [2.24, 2.45) is 0 Å². The van der Waals surface area contributed by atoms with Crippen molar-refractivity contribution in [3.63, 3.8) is 0 Å². The Kier molecular flexibility index (Phi) is 2.63. The molecule has 0 spiro atoms. The van der Waals surface area contributed by atoms with Gasteiger partial charge in [0.05, 0.1) is 17.2 Å². The van der Waals surface area contributed by atoms with Gasteiger partial charge in [-0.25, -0.2) is 0 Å². The van der Waals surface area contributed by atoms with Crippen molar-refractivity contribution in [2.75, 3.05) is 0 Å². The predicted octanol–water partition coefficient (Wildman–Crippen LogP) is 3.21. The molecular formula is C18H17NO3. The molecule has 0 fully saturated rings. The Bertz CT molecular complexity index is 907. The first-order valence-corrected chi connectivity index (χ1v) is 7.40. The van der Waals surface area contributed by atoms with Crippen molar-refractivity contribution < 1.29 is 14.6 Å². The van der Waals surface area contributed by atoms with Crippen LogP contribution in [-0.4, -0.2) is 28.1 Å². The summed E-state index contributed by atoms with van der Waals surface area (Å²) in [7, 11) is 0. The summed E-state index contributed by atoms with van der Waals surface area (Å²) in [5.41, 5.74) is 2.66. The van der Waals surface area contributed by atoms with Crippen LogP contribution < -0.4 is 4.74 Å². The lowest BCUT2D eigenvalue weighted by Gasteiger charge is -2.37. The molecule has 2 heterocycles. The SMILES string of the molecule is CC1(C)Oc2c(C=O)cc3c([nH]c4ccccc43)c2CC1O. The number of hydrogen-bond acceptors (Lipinski definition) is 3. The van der Waals surface area contributed by atoms with Gasteiger partial charge in [-0.3, -0.25) is 4.79 Å². The number of fused-ring (bicyclic) bond motifs is 5. The predicted molar refractivity (Wildman–Crippen MR) is 85.6 cm³/mol. The number of aliphatic hydroxyl groups is 1. The summed E-state index contributed by atoms with van der Waals surface area (Å²) in [5.74, 6) is 0.587. The third kappa shape index (κ3) is 1.70. The molecule has 3 aromatic rings. The van der Waals surface area contributed by atoms with Gasteiger partial charge >= 0.3 is 0 Å². The van der Waals surface area contributed by atoms with Gasteiger partial charge in [0.25, 0.3) is 0 Å². The van der Waals surface area contributed by atoms with E-state index in [0.717, 1.165) is 33.7 Å². The van der Waals surface area contributed by atoms with E-state index in [1.54, 1.807) is 0 Å². The monoisotopic (exact) mass is 295 g/mol. The normalized spacial score (nSPS) is 19.9. The number of rotatable bonds is 1. The lowest BCUT2D eigenvalue weighted by atomic mass is 9.88. The van der Waals surface area contributed by atoms with Crippen molar-refractivity contribution in [1.82, 2.24) is 4.98 Å². The topological polar surface area (TPSA) is 62.3 Å². The average Bonchev–Trinajstić information content (AvgIpc) is 2.86. The van der Waals surface area contributed by atoms with Crippen molar-refractivity contribution in [2.45, 2.75) is 32.0 Å². The van der Waals surface area contributed by atoms with Gasteiger partial charge in [0.2, 0.25) is 0 Å². The number of benzene rings is 2. The fraction of sp³-hybridized carbons (Fsp3) is 0.278. The highest BCUT2D eigenvalue weighted by Crippen LogP contribution is 2.41. The number of hydrogen-bond donors (Lipinski definition) is 2. The van der Waals surface area contributed by atoms with Gasteiger partial charge in [-0.05, 0) is 26.0 Å². The zero-order valence-corrected chi connectivity index (χ0v) is 12.5. The molecule has 4 heteroatoms. The molecular weight excluding hydrogens is 278 g/mol. The molecule has 1 aliphatic rings. The van der Waals surface area contributed by atoms with E-state index < -0.39 is 11.7 Å². The van der Waals surface area contributed by atoms with Gasteiger partial charge in [-0.1, -0.05) is 18.2 Å². The van der Waals surface area contributed by atoms with Gasteiger partial charge in [-0.2, -0.15) is 0 Å². The second-order valence-corrected chi connectivity index (χ2v) is 6.41. The molecule has 1 unspecified atom stereocenters. The van der Waals surface area contributed by atoms with Crippen LogP contribution in [0.15, 0.2) is 30.3 Å². The van der Waals surface area contributed by atoms with E-state index in [0.29, 0.717) is 17.7 Å². The minimum atomic E-state index is -0.704. The second kappa shape index (κ2) is 4.34.